The standard InChI is InChI=1S/C14H19N5O2/c1-2-6-14(7-3-8-14)10-16-11-4-5-12-15-9-13(19(20)21)18(12)17-11/h4-5,9H,2-3,6-8,10H2,1H3,(H,16,17). The molecule has 1 saturated carbocycles. The van der Waals surface area contributed by atoms with E-state index in [9.17, 15) is 10.1 Å². The lowest BCUT2D eigenvalue weighted by molar-refractivity contribution is -0.391. The zero-order valence-corrected chi connectivity index (χ0v) is 12.1. The van der Waals surface area contributed by atoms with Crippen LogP contribution in [0, 0.1) is 15.5 Å². The Hall–Kier alpha value is -2.18. The minimum atomic E-state index is -0.471. The molecule has 1 aliphatic carbocycles. The van der Waals surface area contributed by atoms with Crippen molar-refractivity contribution in [3.63, 3.8) is 0 Å². The smallest absolute Gasteiger partial charge is 0.366 e. The molecule has 0 atom stereocenters. The average Bonchev–Trinajstić information content (AvgIpc) is 2.84. The molecule has 2 aromatic heterocycles. The highest BCUT2D eigenvalue weighted by Gasteiger charge is 2.35. The molecule has 2 aromatic rings. The SMILES string of the molecule is CCCC1(CNc2ccc3ncc([N+](=O)[O-])n3n2)CCC1. The van der Waals surface area contributed by atoms with Crippen LogP contribution in [-0.2, 0) is 0 Å². The molecule has 0 aromatic carbocycles. The fraction of sp³-hybridized carbons (Fsp3) is 0.571. The van der Waals surface area contributed by atoms with Crippen LogP contribution in [0.3, 0.4) is 0 Å². The van der Waals surface area contributed by atoms with Gasteiger partial charge in [-0.25, -0.2) is 4.98 Å². The van der Waals surface area contributed by atoms with Crippen molar-refractivity contribution in [3.05, 3.63) is 28.4 Å². The maximum absolute atomic E-state index is 10.9. The highest BCUT2D eigenvalue weighted by atomic mass is 16.6. The first-order valence-corrected chi connectivity index (χ1v) is 7.37. The Morgan fingerprint density at radius 1 is 1.48 bits per heavy atom. The quantitative estimate of drug-likeness (QED) is 0.652. The van der Waals surface area contributed by atoms with E-state index in [1.807, 2.05) is 6.07 Å². The van der Waals surface area contributed by atoms with Gasteiger partial charge in [-0.05, 0) is 35.7 Å². The monoisotopic (exact) mass is 289 g/mol. The second kappa shape index (κ2) is 5.31. The lowest BCUT2D eigenvalue weighted by Crippen LogP contribution is -2.36. The van der Waals surface area contributed by atoms with Crippen molar-refractivity contribution < 1.29 is 4.92 Å². The van der Waals surface area contributed by atoms with Crippen molar-refractivity contribution in [3.8, 4) is 0 Å². The molecule has 0 spiro atoms. The van der Waals surface area contributed by atoms with Crippen molar-refractivity contribution in [2.24, 2.45) is 5.41 Å². The molecule has 1 N–H and O–H groups in total. The van der Waals surface area contributed by atoms with Gasteiger partial charge in [0.05, 0.1) is 0 Å². The molecular formula is C14H19N5O2. The molecule has 0 radical (unpaired) electrons. The molecule has 21 heavy (non-hydrogen) atoms. The van der Waals surface area contributed by atoms with Crippen LogP contribution in [0.4, 0.5) is 11.6 Å². The Bertz CT molecular complexity index is 662. The van der Waals surface area contributed by atoms with Crippen molar-refractivity contribution in [2.45, 2.75) is 39.0 Å². The van der Waals surface area contributed by atoms with Gasteiger partial charge < -0.3 is 15.4 Å². The number of nitrogens with one attached hydrogen (secondary N) is 1. The van der Waals surface area contributed by atoms with Crippen LogP contribution in [0.15, 0.2) is 18.3 Å². The minimum Gasteiger partial charge on any atom is -0.366 e. The van der Waals surface area contributed by atoms with Gasteiger partial charge in [0.25, 0.3) is 0 Å². The van der Waals surface area contributed by atoms with Gasteiger partial charge in [0.2, 0.25) is 5.65 Å². The van der Waals surface area contributed by atoms with E-state index < -0.39 is 4.92 Å². The first kappa shape index (κ1) is 13.8. The molecule has 3 rings (SSSR count). The minimum absolute atomic E-state index is 0.111. The Labute approximate surface area is 122 Å². The van der Waals surface area contributed by atoms with Crippen molar-refractivity contribution >= 4 is 17.3 Å². The Kier molecular flexibility index (Phi) is 3.48. The summed E-state index contributed by atoms with van der Waals surface area (Å²) in [6.07, 6.45) is 7.43. The summed E-state index contributed by atoms with van der Waals surface area (Å²) in [5, 5.41) is 18.5. The number of nitrogens with zero attached hydrogens (tertiary/aromatic N) is 4. The highest BCUT2D eigenvalue weighted by molar-refractivity contribution is 5.48. The summed E-state index contributed by atoms with van der Waals surface area (Å²) in [5.74, 6) is 0.548. The predicted octanol–water partition coefficient (Wildman–Crippen LogP) is 3.02. The van der Waals surface area contributed by atoms with Crippen LogP contribution < -0.4 is 5.32 Å². The number of nitro groups is 1. The van der Waals surface area contributed by atoms with Gasteiger partial charge in [-0.1, -0.05) is 29.4 Å². The van der Waals surface area contributed by atoms with Crippen LogP contribution in [0.25, 0.3) is 5.65 Å². The maximum atomic E-state index is 10.9. The molecule has 0 bridgehead atoms. The number of hydrogen-bond acceptors (Lipinski definition) is 5. The zero-order chi connectivity index (χ0) is 14.9. The number of rotatable bonds is 6. The molecule has 7 heteroatoms. The number of imidazole rings is 1. The van der Waals surface area contributed by atoms with E-state index in [0.29, 0.717) is 16.9 Å². The van der Waals surface area contributed by atoms with Crippen LogP contribution in [0.5, 0.6) is 0 Å². The van der Waals surface area contributed by atoms with Crippen LogP contribution in [0.2, 0.25) is 0 Å². The summed E-state index contributed by atoms with van der Waals surface area (Å²) in [6.45, 7) is 3.08. The van der Waals surface area contributed by atoms with E-state index >= 15 is 0 Å². The molecule has 0 amide bonds. The summed E-state index contributed by atoms with van der Waals surface area (Å²) >= 11 is 0. The lowest BCUT2D eigenvalue weighted by atomic mass is 9.66. The van der Waals surface area contributed by atoms with E-state index in [1.54, 1.807) is 6.07 Å². The molecule has 0 unspecified atom stereocenters. The Morgan fingerprint density at radius 2 is 2.29 bits per heavy atom. The van der Waals surface area contributed by atoms with Gasteiger partial charge in [0.1, 0.15) is 6.20 Å². The Balaban J connectivity index is 1.78. The van der Waals surface area contributed by atoms with Gasteiger partial charge in [-0.15, -0.1) is 0 Å². The van der Waals surface area contributed by atoms with Gasteiger partial charge >= 0.3 is 5.82 Å². The van der Waals surface area contributed by atoms with Crippen molar-refractivity contribution in [1.82, 2.24) is 14.6 Å². The first-order valence-electron chi connectivity index (χ1n) is 7.37. The predicted molar refractivity (Wildman–Crippen MR) is 79.3 cm³/mol. The lowest BCUT2D eigenvalue weighted by Gasteiger charge is -2.42. The van der Waals surface area contributed by atoms with E-state index in [2.05, 4.69) is 22.3 Å². The summed E-state index contributed by atoms with van der Waals surface area (Å²) < 4.78 is 1.27. The molecule has 2 heterocycles. The summed E-state index contributed by atoms with van der Waals surface area (Å²) in [7, 11) is 0. The number of fused-ring (bicyclic) bond motifs is 1. The van der Waals surface area contributed by atoms with Crippen molar-refractivity contribution in [2.75, 3.05) is 11.9 Å². The molecule has 7 nitrogen and oxygen atoms in total. The molecule has 0 aliphatic heterocycles. The summed E-state index contributed by atoms with van der Waals surface area (Å²) in [4.78, 5) is 14.4. The summed E-state index contributed by atoms with van der Waals surface area (Å²) in [5.41, 5.74) is 0.867. The third kappa shape index (κ3) is 2.55. The van der Waals surface area contributed by atoms with E-state index in [-0.39, 0.29) is 5.82 Å². The van der Waals surface area contributed by atoms with Gasteiger partial charge in [0.15, 0.2) is 5.82 Å². The molecule has 0 saturated heterocycles. The number of aromatic nitrogens is 3. The topological polar surface area (TPSA) is 85.4 Å². The van der Waals surface area contributed by atoms with Gasteiger partial charge in [-0.2, -0.15) is 0 Å². The third-order valence-electron chi connectivity index (χ3n) is 4.37. The number of anilines is 1. The summed E-state index contributed by atoms with van der Waals surface area (Å²) in [6, 6.07) is 3.57. The maximum Gasteiger partial charge on any atom is 0.368 e. The zero-order valence-electron chi connectivity index (χ0n) is 12.1. The fourth-order valence-electron chi connectivity index (χ4n) is 3.08. The molecular weight excluding hydrogens is 270 g/mol. The van der Waals surface area contributed by atoms with Crippen molar-refractivity contribution in [1.29, 1.82) is 0 Å². The van der Waals surface area contributed by atoms with Gasteiger partial charge in [-0.3, -0.25) is 0 Å². The second-order valence-electron chi connectivity index (χ2n) is 5.82. The second-order valence-corrected chi connectivity index (χ2v) is 5.82. The average molecular weight is 289 g/mol. The van der Waals surface area contributed by atoms with Crippen LogP contribution in [0.1, 0.15) is 39.0 Å². The molecule has 112 valence electrons. The fourth-order valence-corrected chi connectivity index (χ4v) is 3.08. The van der Waals surface area contributed by atoms with Crippen LogP contribution in [-0.4, -0.2) is 26.1 Å². The largest absolute Gasteiger partial charge is 0.368 e. The molecule has 1 aliphatic rings. The normalized spacial score (nSPS) is 16.6. The van der Waals surface area contributed by atoms with E-state index in [1.165, 1.54) is 42.8 Å². The highest BCUT2D eigenvalue weighted by Crippen LogP contribution is 2.44. The van der Waals surface area contributed by atoms with Gasteiger partial charge in [0, 0.05) is 12.6 Å². The Morgan fingerprint density at radius 3 is 2.90 bits per heavy atom. The van der Waals surface area contributed by atoms with E-state index in [4.69, 9.17) is 0 Å². The van der Waals surface area contributed by atoms with E-state index in [0.717, 1.165) is 6.54 Å². The third-order valence-corrected chi connectivity index (χ3v) is 4.37. The molecule has 1 fully saturated rings. The number of hydrogen-bond donors (Lipinski definition) is 1. The first-order chi connectivity index (χ1) is 10.1. The van der Waals surface area contributed by atoms with Crippen LogP contribution >= 0.6 is 0 Å².